The zero-order chi connectivity index (χ0) is 12.4. The summed E-state index contributed by atoms with van der Waals surface area (Å²) in [6.45, 7) is 1.04. The number of nitrogens with one attached hydrogen (secondary N) is 1. The summed E-state index contributed by atoms with van der Waals surface area (Å²) < 4.78 is 5.17. The second kappa shape index (κ2) is 4.98. The monoisotopic (exact) mass is 260 g/mol. The highest BCUT2D eigenvalue weighted by atomic mass is 32.1. The van der Waals surface area contributed by atoms with E-state index in [1.807, 2.05) is 12.1 Å². The van der Waals surface area contributed by atoms with Crippen LogP contribution in [-0.2, 0) is 6.42 Å². The lowest BCUT2D eigenvalue weighted by Crippen LogP contribution is -1.99. The SMILES string of the molecule is COc1ccc(-c2nc3c(s2)CCCCN3)cc1. The third kappa shape index (κ3) is 2.20. The molecule has 0 unspecified atom stereocenters. The first kappa shape index (κ1) is 11.5. The lowest BCUT2D eigenvalue weighted by atomic mass is 10.2. The van der Waals surface area contributed by atoms with Crippen LogP contribution in [0.4, 0.5) is 5.82 Å². The van der Waals surface area contributed by atoms with Crippen LogP contribution in [0.1, 0.15) is 17.7 Å². The Morgan fingerprint density at radius 3 is 2.83 bits per heavy atom. The van der Waals surface area contributed by atoms with E-state index in [9.17, 15) is 0 Å². The Morgan fingerprint density at radius 1 is 1.22 bits per heavy atom. The van der Waals surface area contributed by atoms with Gasteiger partial charge in [0.2, 0.25) is 0 Å². The van der Waals surface area contributed by atoms with Crippen LogP contribution in [0.3, 0.4) is 0 Å². The number of aromatic nitrogens is 1. The molecule has 0 bridgehead atoms. The number of nitrogens with zero attached hydrogens (tertiary/aromatic N) is 1. The van der Waals surface area contributed by atoms with Crippen molar-refractivity contribution in [3.63, 3.8) is 0 Å². The molecule has 0 saturated carbocycles. The Hall–Kier alpha value is -1.55. The van der Waals surface area contributed by atoms with Gasteiger partial charge >= 0.3 is 0 Å². The van der Waals surface area contributed by atoms with E-state index in [1.54, 1.807) is 18.4 Å². The van der Waals surface area contributed by atoms with Crippen LogP contribution in [0.2, 0.25) is 0 Å². The minimum absolute atomic E-state index is 0.884. The summed E-state index contributed by atoms with van der Waals surface area (Å²) in [6, 6.07) is 8.10. The van der Waals surface area contributed by atoms with Crippen molar-refractivity contribution in [3.8, 4) is 16.3 Å². The normalized spacial score (nSPS) is 14.5. The van der Waals surface area contributed by atoms with Gasteiger partial charge in [0.25, 0.3) is 0 Å². The molecule has 0 spiro atoms. The Balaban J connectivity index is 1.91. The molecule has 0 amide bonds. The van der Waals surface area contributed by atoms with Crippen LogP contribution >= 0.6 is 11.3 Å². The molecular weight excluding hydrogens is 244 g/mol. The van der Waals surface area contributed by atoms with E-state index in [0.29, 0.717) is 0 Å². The molecule has 1 aromatic carbocycles. The van der Waals surface area contributed by atoms with Crippen LogP contribution in [0.25, 0.3) is 10.6 Å². The van der Waals surface area contributed by atoms with Crippen LogP contribution in [-0.4, -0.2) is 18.6 Å². The molecule has 0 radical (unpaired) electrons. The fraction of sp³-hybridized carbons (Fsp3) is 0.357. The second-order valence-electron chi connectivity index (χ2n) is 4.40. The molecule has 1 aliphatic heterocycles. The maximum atomic E-state index is 5.17. The number of rotatable bonds is 2. The fourth-order valence-electron chi connectivity index (χ4n) is 2.13. The third-order valence-corrected chi connectivity index (χ3v) is 4.32. The molecule has 1 aliphatic rings. The lowest BCUT2D eigenvalue weighted by Gasteiger charge is -2.00. The van der Waals surface area contributed by atoms with Crippen molar-refractivity contribution in [2.24, 2.45) is 0 Å². The molecule has 4 heteroatoms. The number of thiazole rings is 1. The summed E-state index contributed by atoms with van der Waals surface area (Å²) in [5.74, 6) is 1.97. The molecule has 1 aromatic heterocycles. The Labute approximate surface area is 111 Å². The first-order chi connectivity index (χ1) is 8.86. The Kier molecular flexibility index (Phi) is 3.19. The van der Waals surface area contributed by atoms with Gasteiger partial charge in [0.15, 0.2) is 0 Å². The minimum atomic E-state index is 0.884. The van der Waals surface area contributed by atoms with Gasteiger partial charge in [-0.3, -0.25) is 0 Å². The van der Waals surface area contributed by atoms with Gasteiger partial charge in [-0.15, -0.1) is 11.3 Å². The van der Waals surface area contributed by atoms with E-state index in [-0.39, 0.29) is 0 Å². The number of ether oxygens (including phenoxy) is 1. The van der Waals surface area contributed by atoms with Gasteiger partial charge in [-0.2, -0.15) is 0 Å². The molecule has 0 saturated heterocycles. The van der Waals surface area contributed by atoms with Gasteiger partial charge in [-0.05, 0) is 43.5 Å². The van der Waals surface area contributed by atoms with Crippen molar-refractivity contribution in [2.75, 3.05) is 19.0 Å². The summed E-state index contributed by atoms with van der Waals surface area (Å²) in [6.07, 6.45) is 3.64. The molecule has 0 aliphatic carbocycles. The Morgan fingerprint density at radius 2 is 2.06 bits per heavy atom. The third-order valence-electron chi connectivity index (χ3n) is 3.16. The smallest absolute Gasteiger partial charge is 0.140 e. The van der Waals surface area contributed by atoms with Gasteiger partial charge in [-0.1, -0.05) is 0 Å². The van der Waals surface area contributed by atoms with Crippen LogP contribution < -0.4 is 10.1 Å². The molecule has 2 heterocycles. The molecule has 94 valence electrons. The van der Waals surface area contributed by atoms with E-state index < -0.39 is 0 Å². The highest BCUT2D eigenvalue weighted by Crippen LogP contribution is 2.33. The first-order valence-electron chi connectivity index (χ1n) is 6.25. The fourth-order valence-corrected chi connectivity index (χ4v) is 3.22. The van der Waals surface area contributed by atoms with Crippen molar-refractivity contribution >= 4 is 17.2 Å². The van der Waals surface area contributed by atoms with E-state index in [1.165, 1.54) is 17.7 Å². The molecule has 2 aromatic rings. The average molecular weight is 260 g/mol. The van der Waals surface area contributed by atoms with E-state index in [2.05, 4.69) is 17.4 Å². The van der Waals surface area contributed by atoms with Gasteiger partial charge in [-0.25, -0.2) is 4.98 Å². The number of aryl methyl sites for hydroxylation is 1. The van der Waals surface area contributed by atoms with Crippen molar-refractivity contribution in [1.82, 2.24) is 4.98 Å². The van der Waals surface area contributed by atoms with Crippen LogP contribution in [0.5, 0.6) is 5.75 Å². The highest BCUT2D eigenvalue weighted by Gasteiger charge is 2.14. The van der Waals surface area contributed by atoms with Crippen molar-refractivity contribution < 1.29 is 4.74 Å². The summed E-state index contributed by atoms with van der Waals surface area (Å²) in [5, 5.41) is 4.51. The summed E-state index contributed by atoms with van der Waals surface area (Å²) in [4.78, 5) is 6.09. The van der Waals surface area contributed by atoms with E-state index >= 15 is 0 Å². The van der Waals surface area contributed by atoms with Gasteiger partial charge in [0.05, 0.1) is 7.11 Å². The van der Waals surface area contributed by atoms with E-state index in [0.717, 1.165) is 35.1 Å². The average Bonchev–Trinajstić information content (AvgIpc) is 2.70. The number of fused-ring (bicyclic) bond motifs is 1. The maximum Gasteiger partial charge on any atom is 0.140 e. The zero-order valence-corrected chi connectivity index (χ0v) is 11.2. The summed E-state index contributed by atoms with van der Waals surface area (Å²) in [7, 11) is 1.69. The van der Waals surface area contributed by atoms with Gasteiger partial charge < -0.3 is 10.1 Å². The number of anilines is 1. The second-order valence-corrected chi connectivity index (χ2v) is 5.49. The predicted octanol–water partition coefficient (Wildman–Crippen LogP) is 3.57. The number of hydrogen-bond donors (Lipinski definition) is 1. The predicted molar refractivity (Wildman–Crippen MR) is 75.5 cm³/mol. The molecular formula is C14H16N2OS. The van der Waals surface area contributed by atoms with Crippen molar-refractivity contribution in [3.05, 3.63) is 29.1 Å². The lowest BCUT2D eigenvalue weighted by molar-refractivity contribution is 0.415. The number of hydrogen-bond acceptors (Lipinski definition) is 4. The zero-order valence-electron chi connectivity index (χ0n) is 10.4. The number of benzene rings is 1. The highest BCUT2D eigenvalue weighted by molar-refractivity contribution is 7.15. The standard InChI is InChI=1S/C14H16N2OS/c1-17-11-7-5-10(6-8-11)14-16-13-12(18-14)4-2-3-9-15-13/h5-8,15H,2-4,9H2,1H3. The molecule has 3 rings (SSSR count). The molecule has 0 atom stereocenters. The Bertz CT molecular complexity index is 510. The summed E-state index contributed by atoms with van der Waals surface area (Å²) >= 11 is 1.80. The molecule has 3 nitrogen and oxygen atoms in total. The quantitative estimate of drug-likeness (QED) is 0.896. The van der Waals surface area contributed by atoms with Gasteiger partial charge in [0.1, 0.15) is 16.6 Å². The van der Waals surface area contributed by atoms with Gasteiger partial charge in [0, 0.05) is 17.0 Å². The minimum Gasteiger partial charge on any atom is -0.497 e. The summed E-state index contributed by atoms with van der Waals surface area (Å²) in [5.41, 5.74) is 1.16. The van der Waals surface area contributed by atoms with E-state index in [4.69, 9.17) is 9.72 Å². The maximum absolute atomic E-state index is 5.17. The van der Waals surface area contributed by atoms with Crippen molar-refractivity contribution in [2.45, 2.75) is 19.3 Å². The van der Waals surface area contributed by atoms with Crippen molar-refractivity contribution in [1.29, 1.82) is 0 Å². The number of methoxy groups -OCH3 is 1. The molecule has 1 N–H and O–H groups in total. The topological polar surface area (TPSA) is 34.1 Å². The van der Waals surface area contributed by atoms with Crippen LogP contribution in [0.15, 0.2) is 24.3 Å². The van der Waals surface area contributed by atoms with Crippen LogP contribution in [0, 0.1) is 0 Å². The molecule has 18 heavy (non-hydrogen) atoms. The largest absolute Gasteiger partial charge is 0.497 e. The first-order valence-corrected chi connectivity index (χ1v) is 7.06. The molecule has 0 fully saturated rings.